The number of para-hydroxylation sites is 2. The molecule has 0 amide bonds. The van der Waals surface area contributed by atoms with Crippen molar-refractivity contribution >= 4 is 11.0 Å². The second kappa shape index (κ2) is 4.71. The topological polar surface area (TPSA) is 33.1 Å². The number of aryl methyl sites for hydroxylation is 1. The Hall–Kier alpha value is -1.39. The molecule has 1 aromatic carbocycles. The standard InChI is InChI=1S/C14H20N4/c1-17-8-7-11(10-17)15-9-14-16-12-5-3-4-6-13(12)18(14)2/h3-6,11,15H,7-10H2,1-2H3. The van der Waals surface area contributed by atoms with Gasteiger partial charge in [-0.3, -0.25) is 0 Å². The molecule has 1 fully saturated rings. The molecule has 0 bridgehead atoms. The van der Waals surface area contributed by atoms with E-state index in [1.807, 2.05) is 6.07 Å². The van der Waals surface area contributed by atoms with E-state index in [4.69, 9.17) is 0 Å². The van der Waals surface area contributed by atoms with Gasteiger partial charge in [-0.05, 0) is 32.1 Å². The fraction of sp³-hybridized carbons (Fsp3) is 0.500. The average Bonchev–Trinajstić information content (AvgIpc) is 2.92. The molecule has 0 saturated carbocycles. The molecule has 2 heterocycles. The molecule has 1 unspecified atom stereocenters. The van der Waals surface area contributed by atoms with Crippen LogP contribution in [0, 0.1) is 0 Å². The molecule has 2 aromatic rings. The van der Waals surface area contributed by atoms with Crippen molar-refractivity contribution in [2.75, 3.05) is 20.1 Å². The molecular weight excluding hydrogens is 224 g/mol. The SMILES string of the molecule is CN1CCC(NCc2nc3ccccc3n2C)C1. The van der Waals surface area contributed by atoms with Gasteiger partial charge in [-0.25, -0.2) is 4.98 Å². The Morgan fingerprint density at radius 1 is 1.33 bits per heavy atom. The van der Waals surface area contributed by atoms with E-state index in [1.54, 1.807) is 0 Å². The highest BCUT2D eigenvalue weighted by molar-refractivity contribution is 5.75. The van der Waals surface area contributed by atoms with Crippen molar-refractivity contribution in [3.05, 3.63) is 30.1 Å². The van der Waals surface area contributed by atoms with Crippen LogP contribution in [0.2, 0.25) is 0 Å². The third-order valence-corrected chi connectivity index (χ3v) is 3.82. The van der Waals surface area contributed by atoms with Gasteiger partial charge in [0.1, 0.15) is 5.82 Å². The summed E-state index contributed by atoms with van der Waals surface area (Å²) in [5.41, 5.74) is 2.29. The number of fused-ring (bicyclic) bond motifs is 1. The zero-order valence-corrected chi connectivity index (χ0v) is 11.1. The minimum atomic E-state index is 0.606. The van der Waals surface area contributed by atoms with Crippen LogP contribution >= 0.6 is 0 Å². The number of aromatic nitrogens is 2. The highest BCUT2D eigenvalue weighted by Gasteiger charge is 2.19. The summed E-state index contributed by atoms with van der Waals surface area (Å²) in [5, 5.41) is 3.61. The van der Waals surface area contributed by atoms with E-state index in [0.717, 1.165) is 24.4 Å². The Morgan fingerprint density at radius 2 is 2.17 bits per heavy atom. The molecule has 3 rings (SSSR count). The highest BCUT2D eigenvalue weighted by Crippen LogP contribution is 2.14. The number of hydrogen-bond donors (Lipinski definition) is 1. The molecule has 1 atom stereocenters. The molecule has 4 nitrogen and oxygen atoms in total. The van der Waals surface area contributed by atoms with Gasteiger partial charge in [0.25, 0.3) is 0 Å². The Labute approximate surface area is 108 Å². The van der Waals surface area contributed by atoms with E-state index < -0.39 is 0 Å². The lowest BCUT2D eigenvalue weighted by Crippen LogP contribution is -2.31. The van der Waals surface area contributed by atoms with Gasteiger partial charge in [-0.15, -0.1) is 0 Å². The first-order valence-electron chi connectivity index (χ1n) is 6.56. The van der Waals surface area contributed by atoms with Crippen LogP contribution in [0.4, 0.5) is 0 Å². The Balaban J connectivity index is 1.73. The first kappa shape index (κ1) is 11.7. The zero-order chi connectivity index (χ0) is 12.5. The van der Waals surface area contributed by atoms with Crippen LogP contribution in [0.1, 0.15) is 12.2 Å². The van der Waals surface area contributed by atoms with Crippen molar-refractivity contribution in [3.63, 3.8) is 0 Å². The summed E-state index contributed by atoms with van der Waals surface area (Å²) >= 11 is 0. The molecule has 1 aliphatic heterocycles. The number of imidazole rings is 1. The van der Waals surface area contributed by atoms with Gasteiger partial charge < -0.3 is 14.8 Å². The third kappa shape index (κ3) is 2.13. The number of likely N-dealkylation sites (tertiary alicyclic amines) is 1. The minimum Gasteiger partial charge on any atom is -0.330 e. The summed E-state index contributed by atoms with van der Waals surface area (Å²) in [6, 6.07) is 8.90. The fourth-order valence-corrected chi connectivity index (χ4v) is 2.69. The van der Waals surface area contributed by atoms with E-state index in [1.165, 1.54) is 18.5 Å². The average molecular weight is 244 g/mol. The molecule has 1 N–H and O–H groups in total. The van der Waals surface area contributed by atoms with Crippen molar-refractivity contribution < 1.29 is 0 Å². The molecule has 18 heavy (non-hydrogen) atoms. The van der Waals surface area contributed by atoms with Crippen molar-refractivity contribution in [2.24, 2.45) is 7.05 Å². The van der Waals surface area contributed by atoms with Crippen molar-refractivity contribution in [3.8, 4) is 0 Å². The van der Waals surface area contributed by atoms with E-state index in [2.05, 4.69) is 52.1 Å². The monoisotopic (exact) mass is 244 g/mol. The second-order valence-corrected chi connectivity index (χ2v) is 5.20. The largest absolute Gasteiger partial charge is 0.330 e. The van der Waals surface area contributed by atoms with Crippen LogP contribution in [0.25, 0.3) is 11.0 Å². The first-order chi connectivity index (χ1) is 8.74. The number of nitrogens with one attached hydrogen (secondary N) is 1. The maximum atomic E-state index is 4.68. The summed E-state index contributed by atoms with van der Waals surface area (Å²) in [6.07, 6.45) is 1.24. The van der Waals surface area contributed by atoms with Crippen LogP contribution < -0.4 is 5.32 Å². The van der Waals surface area contributed by atoms with Gasteiger partial charge in [0, 0.05) is 19.6 Å². The number of likely N-dealkylation sites (N-methyl/N-ethyl adjacent to an activating group) is 1. The zero-order valence-electron chi connectivity index (χ0n) is 11.1. The van der Waals surface area contributed by atoms with Crippen molar-refractivity contribution in [1.29, 1.82) is 0 Å². The number of nitrogens with zero attached hydrogens (tertiary/aromatic N) is 3. The van der Waals surface area contributed by atoms with Gasteiger partial charge in [-0.1, -0.05) is 12.1 Å². The lowest BCUT2D eigenvalue weighted by Gasteiger charge is -2.12. The summed E-state index contributed by atoms with van der Waals surface area (Å²) in [5.74, 6) is 1.12. The van der Waals surface area contributed by atoms with Gasteiger partial charge in [0.05, 0.1) is 17.6 Å². The summed E-state index contributed by atoms with van der Waals surface area (Å²) < 4.78 is 2.18. The van der Waals surface area contributed by atoms with Crippen molar-refractivity contribution in [2.45, 2.75) is 19.0 Å². The van der Waals surface area contributed by atoms with Crippen molar-refractivity contribution in [1.82, 2.24) is 19.8 Å². The minimum absolute atomic E-state index is 0.606. The normalized spacial score (nSPS) is 20.9. The molecule has 1 aliphatic rings. The molecule has 0 aliphatic carbocycles. The lowest BCUT2D eigenvalue weighted by atomic mass is 10.2. The van der Waals surface area contributed by atoms with Gasteiger partial charge >= 0.3 is 0 Å². The lowest BCUT2D eigenvalue weighted by molar-refractivity contribution is 0.396. The fourth-order valence-electron chi connectivity index (χ4n) is 2.69. The summed E-state index contributed by atoms with van der Waals surface area (Å²) in [6.45, 7) is 3.19. The molecule has 4 heteroatoms. The molecular formula is C14H20N4. The number of hydrogen-bond acceptors (Lipinski definition) is 3. The summed E-state index contributed by atoms with van der Waals surface area (Å²) in [4.78, 5) is 7.05. The molecule has 0 radical (unpaired) electrons. The van der Waals surface area contributed by atoms with E-state index >= 15 is 0 Å². The smallest absolute Gasteiger partial charge is 0.123 e. The Kier molecular flexibility index (Phi) is 3.06. The quantitative estimate of drug-likeness (QED) is 0.885. The van der Waals surface area contributed by atoms with Gasteiger partial charge in [0.15, 0.2) is 0 Å². The molecule has 96 valence electrons. The number of benzene rings is 1. The van der Waals surface area contributed by atoms with E-state index in [0.29, 0.717) is 6.04 Å². The Morgan fingerprint density at radius 3 is 2.89 bits per heavy atom. The maximum absolute atomic E-state index is 4.68. The second-order valence-electron chi connectivity index (χ2n) is 5.20. The van der Waals surface area contributed by atoms with Crippen LogP contribution in [0.3, 0.4) is 0 Å². The molecule has 1 saturated heterocycles. The molecule has 1 aromatic heterocycles. The van der Waals surface area contributed by atoms with Gasteiger partial charge in [0.2, 0.25) is 0 Å². The predicted molar refractivity (Wildman–Crippen MR) is 73.5 cm³/mol. The number of rotatable bonds is 3. The Bertz CT molecular complexity index is 546. The van der Waals surface area contributed by atoms with Crippen LogP contribution in [-0.2, 0) is 13.6 Å². The first-order valence-corrected chi connectivity index (χ1v) is 6.56. The maximum Gasteiger partial charge on any atom is 0.123 e. The summed E-state index contributed by atoms with van der Waals surface area (Å²) in [7, 11) is 4.27. The van der Waals surface area contributed by atoms with E-state index in [-0.39, 0.29) is 0 Å². The highest BCUT2D eigenvalue weighted by atomic mass is 15.2. The van der Waals surface area contributed by atoms with Crippen LogP contribution in [0.15, 0.2) is 24.3 Å². The van der Waals surface area contributed by atoms with E-state index in [9.17, 15) is 0 Å². The van der Waals surface area contributed by atoms with Crippen LogP contribution in [-0.4, -0.2) is 40.6 Å². The predicted octanol–water partition coefficient (Wildman–Crippen LogP) is 1.37. The van der Waals surface area contributed by atoms with Gasteiger partial charge in [-0.2, -0.15) is 0 Å². The molecule has 0 spiro atoms. The van der Waals surface area contributed by atoms with Crippen LogP contribution in [0.5, 0.6) is 0 Å². The third-order valence-electron chi connectivity index (χ3n) is 3.82.